The lowest BCUT2D eigenvalue weighted by atomic mass is 10.2. The van der Waals surface area contributed by atoms with E-state index >= 15 is 0 Å². The zero-order valence-corrected chi connectivity index (χ0v) is 13.7. The molecule has 2 amide bonds. The van der Waals surface area contributed by atoms with Crippen LogP contribution in [-0.4, -0.2) is 69.1 Å². The number of nitrogens with zero attached hydrogens (tertiary/aromatic N) is 2. The number of amides is 2. The van der Waals surface area contributed by atoms with E-state index in [0.29, 0.717) is 37.8 Å². The smallest absolute Gasteiger partial charge is 0.329 e. The first kappa shape index (κ1) is 17.2. The number of hydrazone groups is 1. The van der Waals surface area contributed by atoms with Crippen LogP contribution in [0.15, 0.2) is 23.3 Å². The van der Waals surface area contributed by atoms with Crippen molar-refractivity contribution in [3.05, 3.63) is 23.8 Å². The Labute approximate surface area is 144 Å². The summed E-state index contributed by atoms with van der Waals surface area (Å²) in [6.45, 7) is 4.34. The molecule has 1 aromatic carbocycles. The highest BCUT2D eigenvalue weighted by molar-refractivity contribution is 6.35. The lowest BCUT2D eigenvalue weighted by Gasteiger charge is -2.26. The molecule has 0 saturated carbocycles. The SMILES string of the molecule is O=C(NCCN1CCOCC1)C(=O)N/N=C\c1ccc2c(c1)OCO2. The van der Waals surface area contributed by atoms with E-state index in [2.05, 4.69) is 20.7 Å². The minimum Gasteiger partial charge on any atom is -0.454 e. The molecule has 134 valence electrons. The van der Waals surface area contributed by atoms with Crippen LogP contribution < -0.4 is 20.2 Å². The van der Waals surface area contributed by atoms with E-state index in [4.69, 9.17) is 14.2 Å². The van der Waals surface area contributed by atoms with Gasteiger partial charge in [-0.1, -0.05) is 0 Å². The van der Waals surface area contributed by atoms with Gasteiger partial charge >= 0.3 is 11.8 Å². The number of morpholine rings is 1. The second-order valence-electron chi connectivity index (χ2n) is 5.52. The molecule has 0 aromatic heterocycles. The van der Waals surface area contributed by atoms with Crippen LogP contribution >= 0.6 is 0 Å². The molecule has 1 saturated heterocycles. The maximum absolute atomic E-state index is 11.7. The standard InChI is InChI=1S/C16H20N4O5/c21-15(17-3-4-20-5-7-23-8-6-20)16(22)19-18-10-12-1-2-13-14(9-12)25-11-24-13/h1-2,9-10H,3-8,11H2,(H,17,21)(H,19,22)/b18-10-. The van der Waals surface area contributed by atoms with Crippen molar-refractivity contribution in [1.82, 2.24) is 15.6 Å². The second kappa shape index (κ2) is 8.45. The number of benzene rings is 1. The number of ether oxygens (including phenoxy) is 3. The van der Waals surface area contributed by atoms with Gasteiger partial charge in [0.15, 0.2) is 11.5 Å². The number of fused-ring (bicyclic) bond motifs is 1. The van der Waals surface area contributed by atoms with Crippen molar-refractivity contribution in [2.45, 2.75) is 0 Å². The molecule has 2 N–H and O–H groups in total. The number of nitrogens with one attached hydrogen (secondary N) is 2. The quantitative estimate of drug-likeness (QED) is 0.415. The number of carbonyl (C=O) groups is 2. The highest BCUT2D eigenvalue weighted by atomic mass is 16.7. The number of hydrogen-bond acceptors (Lipinski definition) is 7. The molecule has 0 spiro atoms. The van der Waals surface area contributed by atoms with Gasteiger partial charge in [0.1, 0.15) is 0 Å². The minimum atomic E-state index is -0.807. The van der Waals surface area contributed by atoms with Gasteiger partial charge in [0, 0.05) is 26.2 Å². The summed E-state index contributed by atoms with van der Waals surface area (Å²) in [5.41, 5.74) is 2.92. The summed E-state index contributed by atoms with van der Waals surface area (Å²) >= 11 is 0. The lowest BCUT2D eigenvalue weighted by Crippen LogP contribution is -2.44. The zero-order valence-electron chi connectivity index (χ0n) is 13.7. The van der Waals surface area contributed by atoms with Crippen LogP contribution in [0.4, 0.5) is 0 Å². The van der Waals surface area contributed by atoms with Crippen molar-refractivity contribution in [2.24, 2.45) is 5.10 Å². The normalized spacial score (nSPS) is 16.8. The molecule has 9 nitrogen and oxygen atoms in total. The molecule has 0 atom stereocenters. The van der Waals surface area contributed by atoms with Gasteiger partial charge in [-0.25, -0.2) is 5.43 Å². The second-order valence-corrected chi connectivity index (χ2v) is 5.52. The maximum Gasteiger partial charge on any atom is 0.329 e. The predicted molar refractivity (Wildman–Crippen MR) is 88.6 cm³/mol. The molecule has 0 bridgehead atoms. The van der Waals surface area contributed by atoms with Crippen LogP contribution in [0.1, 0.15) is 5.56 Å². The van der Waals surface area contributed by atoms with Gasteiger partial charge in [-0.3, -0.25) is 14.5 Å². The van der Waals surface area contributed by atoms with Gasteiger partial charge in [0.25, 0.3) is 0 Å². The van der Waals surface area contributed by atoms with Gasteiger partial charge in [-0.15, -0.1) is 0 Å². The van der Waals surface area contributed by atoms with Crippen LogP contribution in [0.3, 0.4) is 0 Å². The van der Waals surface area contributed by atoms with E-state index in [9.17, 15) is 9.59 Å². The Hall–Kier alpha value is -2.65. The number of rotatable bonds is 5. The van der Waals surface area contributed by atoms with Gasteiger partial charge in [-0.05, 0) is 23.8 Å². The summed E-state index contributed by atoms with van der Waals surface area (Å²) in [4.78, 5) is 25.6. The molecule has 3 rings (SSSR count). The van der Waals surface area contributed by atoms with E-state index in [1.54, 1.807) is 18.2 Å². The molecule has 9 heteroatoms. The van der Waals surface area contributed by atoms with Crippen LogP contribution in [0.25, 0.3) is 0 Å². The van der Waals surface area contributed by atoms with Crippen molar-refractivity contribution in [3.63, 3.8) is 0 Å². The Morgan fingerprint density at radius 2 is 1.96 bits per heavy atom. The van der Waals surface area contributed by atoms with E-state index < -0.39 is 11.8 Å². The molecule has 2 heterocycles. The summed E-state index contributed by atoms with van der Waals surface area (Å²) in [6, 6.07) is 5.26. The Morgan fingerprint density at radius 3 is 2.80 bits per heavy atom. The first-order chi connectivity index (χ1) is 12.2. The molecule has 2 aliphatic heterocycles. The Morgan fingerprint density at radius 1 is 1.16 bits per heavy atom. The van der Waals surface area contributed by atoms with Crippen molar-refractivity contribution in [2.75, 3.05) is 46.2 Å². The summed E-state index contributed by atoms with van der Waals surface area (Å²) in [7, 11) is 0. The fraction of sp³-hybridized carbons (Fsp3) is 0.438. The van der Waals surface area contributed by atoms with Gasteiger partial charge in [0.2, 0.25) is 6.79 Å². The van der Waals surface area contributed by atoms with Crippen LogP contribution in [-0.2, 0) is 14.3 Å². The van der Waals surface area contributed by atoms with E-state index in [1.807, 2.05) is 0 Å². The Bertz CT molecular complexity index is 658. The van der Waals surface area contributed by atoms with Crippen molar-refractivity contribution in [3.8, 4) is 11.5 Å². The van der Waals surface area contributed by atoms with E-state index in [1.165, 1.54) is 6.21 Å². The van der Waals surface area contributed by atoms with Crippen molar-refractivity contribution < 1.29 is 23.8 Å². The molecular formula is C16H20N4O5. The average Bonchev–Trinajstić information content (AvgIpc) is 3.10. The summed E-state index contributed by atoms with van der Waals surface area (Å²) < 4.78 is 15.7. The number of hydrogen-bond donors (Lipinski definition) is 2. The summed E-state index contributed by atoms with van der Waals surface area (Å²) in [6.07, 6.45) is 1.43. The molecule has 25 heavy (non-hydrogen) atoms. The topological polar surface area (TPSA) is 101 Å². The first-order valence-electron chi connectivity index (χ1n) is 8.03. The van der Waals surface area contributed by atoms with Gasteiger partial charge in [-0.2, -0.15) is 5.10 Å². The fourth-order valence-corrected chi connectivity index (χ4v) is 2.44. The van der Waals surface area contributed by atoms with Crippen LogP contribution in [0, 0.1) is 0 Å². The molecule has 0 radical (unpaired) electrons. The Kier molecular flexibility index (Phi) is 5.81. The lowest BCUT2D eigenvalue weighted by molar-refractivity contribution is -0.139. The average molecular weight is 348 g/mol. The van der Waals surface area contributed by atoms with Crippen LogP contribution in [0.2, 0.25) is 0 Å². The van der Waals surface area contributed by atoms with Gasteiger partial charge < -0.3 is 19.5 Å². The number of carbonyl (C=O) groups excluding carboxylic acids is 2. The molecule has 0 aliphatic carbocycles. The first-order valence-corrected chi connectivity index (χ1v) is 8.03. The highest BCUT2D eigenvalue weighted by Crippen LogP contribution is 2.31. The predicted octanol–water partition coefficient (Wildman–Crippen LogP) is -0.686. The van der Waals surface area contributed by atoms with E-state index in [0.717, 1.165) is 18.7 Å². The van der Waals surface area contributed by atoms with Gasteiger partial charge in [0.05, 0.1) is 19.4 Å². The summed E-state index contributed by atoms with van der Waals surface area (Å²) in [5.74, 6) is -0.230. The van der Waals surface area contributed by atoms with E-state index in [-0.39, 0.29) is 6.79 Å². The highest BCUT2D eigenvalue weighted by Gasteiger charge is 2.15. The molecule has 1 fully saturated rings. The minimum absolute atomic E-state index is 0.192. The third-order valence-corrected chi connectivity index (χ3v) is 3.80. The monoisotopic (exact) mass is 348 g/mol. The largest absolute Gasteiger partial charge is 0.454 e. The van der Waals surface area contributed by atoms with Crippen molar-refractivity contribution >= 4 is 18.0 Å². The van der Waals surface area contributed by atoms with Crippen molar-refractivity contribution in [1.29, 1.82) is 0 Å². The van der Waals surface area contributed by atoms with Crippen LogP contribution in [0.5, 0.6) is 11.5 Å². The third-order valence-electron chi connectivity index (χ3n) is 3.80. The zero-order chi connectivity index (χ0) is 17.5. The molecule has 1 aromatic rings. The fourth-order valence-electron chi connectivity index (χ4n) is 2.44. The third kappa shape index (κ3) is 4.91. The summed E-state index contributed by atoms with van der Waals surface area (Å²) in [5, 5.41) is 6.35. The Balaban J connectivity index is 1.38. The molecular weight excluding hydrogens is 328 g/mol. The molecule has 2 aliphatic rings. The molecule has 0 unspecified atom stereocenters. The maximum atomic E-state index is 11.7.